The molecule has 0 bridgehead atoms. The Morgan fingerprint density at radius 3 is 2.35 bits per heavy atom. The summed E-state index contributed by atoms with van der Waals surface area (Å²) in [6, 6.07) is 2.19. The molecule has 2 N–H and O–H groups in total. The van der Waals surface area contributed by atoms with Crippen LogP contribution in [0.15, 0.2) is 10.5 Å². The van der Waals surface area contributed by atoms with Crippen molar-refractivity contribution in [3.05, 3.63) is 27.2 Å². The number of nitrogens with two attached hydrogens (primary N) is 1. The van der Waals surface area contributed by atoms with E-state index in [9.17, 15) is 0 Å². The Bertz CT molecular complexity index is 490. The van der Waals surface area contributed by atoms with Crippen LogP contribution in [-0.4, -0.2) is 7.11 Å². The molecule has 0 unspecified atom stereocenters. The lowest BCUT2D eigenvalue weighted by atomic mass is 9.74. The summed E-state index contributed by atoms with van der Waals surface area (Å²) in [4.78, 5) is 0. The van der Waals surface area contributed by atoms with Crippen LogP contribution >= 0.6 is 15.9 Å². The van der Waals surface area contributed by atoms with E-state index in [-0.39, 0.29) is 5.54 Å². The van der Waals surface area contributed by atoms with Gasteiger partial charge in [0.15, 0.2) is 0 Å². The first-order valence-electron chi connectivity index (χ1n) is 7.57. The van der Waals surface area contributed by atoms with Crippen molar-refractivity contribution in [2.24, 2.45) is 5.73 Å². The molecule has 20 heavy (non-hydrogen) atoms. The highest BCUT2D eigenvalue weighted by Gasteiger charge is 2.35. The number of methoxy groups -OCH3 is 1. The Kier molecular flexibility index (Phi) is 4.80. The van der Waals surface area contributed by atoms with Gasteiger partial charge in [-0.05, 0) is 42.9 Å². The van der Waals surface area contributed by atoms with Crippen LogP contribution in [0, 0.1) is 6.92 Å². The standard InChI is InChI=1S/C17H26BrNO/c1-11(2)13-10-14(18)12(3)15(16(13)20-4)17(19)8-6-5-7-9-17/h10-11H,5-9,19H2,1-4H3. The van der Waals surface area contributed by atoms with Crippen molar-refractivity contribution in [3.8, 4) is 5.75 Å². The monoisotopic (exact) mass is 339 g/mol. The first kappa shape index (κ1) is 15.8. The van der Waals surface area contributed by atoms with Gasteiger partial charge in [-0.25, -0.2) is 0 Å². The van der Waals surface area contributed by atoms with E-state index in [0.717, 1.165) is 23.1 Å². The largest absolute Gasteiger partial charge is 0.496 e. The average molecular weight is 340 g/mol. The van der Waals surface area contributed by atoms with Gasteiger partial charge in [0.2, 0.25) is 0 Å². The second-order valence-corrected chi connectivity index (χ2v) is 7.21. The maximum absolute atomic E-state index is 6.79. The molecule has 0 spiro atoms. The Labute approximate surface area is 131 Å². The predicted molar refractivity (Wildman–Crippen MR) is 88.5 cm³/mol. The quantitative estimate of drug-likeness (QED) is 0.840. The van der Waals surface area contributed by atoms with Crippen LogP contribution in [0.2, 0.25) is 0 Å². The molecular formula is C17H26BrNO. The van der Waals surface area contributed by atoms with Gasteiger partial charge in [-0.3, -0.25) is 0 Å². The first-order chi connectivity index (χ1) is 9.40. The summed E-state index contributed by atoms with van der Waals surface area (Å²) in [6.45, 7) is 6.55. The van der Waals surface area contributed by atoms with Crippen molar-refractivity contribution in [1.82, 2.24) is 0 Å². The zero-order valence-corrected chi connectivity index (χ0v) is 14.6. The van der Waals surface area contributed by atoms with Crippen molar-refractivity contribution >= 4 is 15.9 Å². The van der Waals surface area contributed by atoms with Crippen molar-refractivity contribution < 1.29 is 4.74 Å². The Hall–Kier alpha value is -0.540. The number of rotatable bonds is 3. The van der Waals surface area contributed by atoms with Gasteiger partial charge in [-0.2, -0.15) is 0 Å². The number of hydrogen-bond acceptors (Lipinski definition) is 2. The molecule has 1 aromatic rings. The molecule has 0 atom stereocenters. The van der Waals surface area contributed by atoms with Crippen molar-refractivity contribution in [2.45, 2.75) is 64.3 Å². The summed E-state index contributed by atoms with van der Waals surface area (Å²) in [5.41, 5.74) is 10.3. The molecule has 2 rings (SSSR count). The zero-order chi connectivity index (χ0) is 14.9. The molecule has 0 heterocycles. The van der Waals surface area contributed by atoms with Gasteiger partial charge >= 0.3 is 0 Å². The van der Waals surface area contributed by atoms with Gasteiger partial charge in [0.05, 0.1) is 7.11 Å². The SMILES string of the molecule is COc1c(C(C)C)cc(Br)c(C)c1C1(N)CCCCC1. The Morgan fingerprint density at radius 1 is 1.25 bits per heavy atom. The van der Waals surface area contributed by atoms with Crippen LogP contribution in [0.25, 0.3) is 0 Å². The number of halogens is 1. The molecule has 3 heteroatoms. The van der Waals surface area contributed by atoms with Gasteiger partial charge < -0.3 is 10.5 Å². The molecule has 0 aliphatic heterocycles. The highest BCUT2D eigenvalue weighted by Crippen LogP contribution is 2.46. The third-order valence-electron chi connectivity index (χ3n) is 4.57. The van der Waals surface area contributed by atoms with Crippen LogP contribution in [0.5, 0.6) is 5.75 Å². The zero-order valence-electron chi connectivity index (χ0n) is 13.1. The number of hydrogen-bond donors (Lipinski definition) is 1. The summed E-state index contributed by atoms with van der Waals surface area (Å²) in [6.07, 6.45) is 5.83. The average Bonchev–Trinajstić information content (AvgIpc) is 2.41. The summed E-state index contributed by atoms with van der Waals surface area (Å²) < 4.78 is 6.94. The van der Waals surface area contributed by atoms with Gasteiger partial charge in [0.25, 0.3) is 0 Å². The highest BCUT2D eigenvalue weighted by atomic mass is 79.9. The second-order valence-electron chi connectivity index (χ2n) is 6.35. The predicted octanol–water partition coefficient (Wildman–Crippen LogP) is 5.01. The Balaban J connectivity index is 2.66. The minimum absolute atomic E-state index is 0.235. The molecule has 1 aromatic carbocycles. The van der Waals surface area contributed by atoms with E-state index in [4.69, 9.17) is 10.5 Å². The lowest BCUT2D eigenvalue weighted by Gasteiger charge is -2.37. The normalized spacial score (nSPS) is 18.4. The molecule has 0 saturated heterocycles. The van der Waals surface area contributed by atoms with E-state index in [2.05, 4.69) is 42.8 Å². The summed E-state index contributed by atoms with van der Waals surface area (Å²) in [5.74, 6) is 1.43. The van der Waals surface area contributed by atoms with E-state index in [1.807, 2.05) is 0 Å². The van der Waals surface area contributed by atoms with E-state index < -0.39 is 0 Å². The van der Waals surface area contributed by atoms with Crippen LogP contribution in [0.4, 0.5) is 0 Å². The fraction of sp³-hybridized carbons (Fsp3) is 0.647. The van der Waals surface area contributed by atoms with Crippen LogP contribution in [0.1, 0.15) is 68.6 Å². The van der Waals surface area contributed by atoms with E-state index in [1.54, 1.807) is 7.11 Å². The van der Waals surface area contributed by atoms with Crippen molar-refractivity contribution in [3.63, 3.8) is 0 Å². The van der Waals surface area contributed by atoms with Crippen LogP contribution in [-0.2, 0) is 5.54 Å². The number of benzene rings is 1. The van der Waals surface area contributed by atoms with Crippen LogP contribution < -0.4 is 10.5 Å². The fourth-order valence-electron chi connectivity index (χ4n) is 3.43. The smallest absolute Gasteiger partial charge is 0.127 e. The molecule has 0 aromatic heterocycles. The van der Waals surface area contributed by atoms with Gasteiger partial charge in [-0.15, -0.1) is 0 Å². The fourth-order valence-corrected chi connectivity index (χ4v) is 3.87. The molecule has 0 radical (unpaired) electrons. The van der Waals surface area contributed by atoms with Crippen molar-refractivity contribution in [1.29, 1.82) is 0 Å². The van der Waals surface area contributed by atoms with E-state index in [1.165, 1.54) is 36.0 Å². The minimum atomic E-state index is -0.235. The third-order valence-corrected chi connectivity index (χ3v) is 5.40. The van der Waals surface area contributed by atoms with Crippen LogP contribution in [0.3, 0.4) is 0 Å². The molecule has 1 fully saturated rings. The molecule has 2 nitrogen and oxygen atoms in total. The maximum Gasteiger partial charge on any atom is 0.127 e. The lowest BCUT2D eigenvalue weighted by molar-refractivity contribution is 0.286. The molecular weight excluding hydrogens is 314 g/mol. The van der Waals surface area contributed by atoms with E-state index >= 15 is 0 Å². The van der Waals surface area contributed by atoms with E-state index in [0.29, 0.717) is 5.92 Å². The third kappa shape index (κ3) is 2.75. The van der Waals surface area contributed by atoms with Gasteiger partial charge in [0.1, 0.15) is 5.75 Å². The Morgan fingerprint density at radius 2 is 1.85 bits per heavy atom. The van der Waals surface area contributed by atoms with Gasteiger partial charge in [-0.1, -0.05) is 49.0 Å². The molecule has 1 aliphatic carbocycles. The lowest BCUT2D eigenvalue weighted by Crippen LogP contribution is -2.40. The summed E-state index contributed by atoms with van der Waals surface area (Å²) in [5, 5.41) is 0. The molecule has 112 valence electrons. The highest BCUT2D eigenvalue weighted by molar-refractivity contribution is 9.10. The second kappa shape index (κ2) is 6.07. The minimum Gasteiger partial charge on any atom is -0.496 e. The molecule has 1 saturated carbocycles. The van der Waals surface area contributed by atoms with Crippen molar-refractivity contribution in [2.75, 3.05) is 7.11 Å². The number of ether oxygens (including phenoxy) is 1. The maximum atomic E-state index is 6.79. The topological polar surface area (TPSA) is 35.2 Å². The molecule has 1 aliphatic rings. The summed E-state index contributed by atoms with van der Waals surface area (Å²) in [7, 11) is 1.77. The summed E-state index contributed by atoms with van der Waals surface area (Å²) >= 11 is 3.71. The van der Waals surface area contributed by atoms with Gasteiger partial charge in [0, 0.05) is 15.6 Å². The molecule has 0 amide bonds. The first-order valence-corrected chi connectivity index (χ1v) is 8.36.